The van der Waals surface area contributed by atoms with Crippen LogP contribution < -0.4 is 10.6 Å². The van der Waals surface area contributed by atoms with Crippen LogP contribution in [0.3, 0.4) is 0 Å². The average molecular weight is 320 g/mol. The number of urea groups is 1. The van der Waals surface area contributed by atoms with Crippen LogP contribution >= 0.6 is 0 Å². The number of nitrogens with zero attached hydrogens (tertiary/aromatic N) is 2. The van der Waals surface area contributed by atoms with Crippen LogP contribution in [0.4, 0.5) is 14.9 Å². The fourth-order valence-corrected chi connectivity index (χ4v) is 2.84. The third-order valence-electron chi connectivity index (χ3n) is 4.06. The van der Waals surface area contributed by atoms with Gasteiger partial charge in [-0.15, -0.1) is 0 Å². The second kappa shape index (κ2) is 5.86. The first kappa shape index (κ1) is 15.3. The van der Waals surface area contributed by atoms with Gasteiger partial charge in [0.25, 0.3) is 0 Å². The molecule has 2 N–H and O–H groups in total. The van der Waals surface area contributed by atoms with Crippen LogP contribution in [0.5, 0.6) is 0 Å². The summed E-state index contributed by atoms with van der Waals surface area (Å²) in [4.78, 5) is 39.3. The van der Waals surface area contributed by atoms with Crippen molar-refractivity contribution in [2.75, 3.05) is 25.0 Å². The van der Waals surface area contributed by atoms with Gasteiger partial charge in [0.2, 0.25) is 11.8 Å². The van der Waals surface area contributed by atoms with E-state index in [9.17, 15) is 18.8 Å². The van der Waals surface area contributed by atoms with Gasteiger partial charge in [0.05, 0.1) is 6.54 Å². The van der Waals surface area contributed by atoms with E-state index < -0.39 is 23.9 Å². The molecule has 0 unspecified atom stereocenters. The largest absolute Gasteiger partial charge is 0.343 e. The van der Waals surface area contributed by atoms with E-state index in [1.165, 1.54) is 28.0 Å². The van der Waals surface area contributed by atoms with Gasteiger partial charge in [-0.25, -0.2) is 9.18 Å². The summed E-state index contributed by atoms with van der Waals surface area (Å²) in [5, 5.41) is 5.20. The zero-order valence-electron chi connectivity index (χ0n) is 12.6. The van der Waals surface area contributed by atoms with Crippen LogP contribution in [0.15, 0.2) is 24.3 Å². The molecular formula is C15H17FN4O3. The van der Waals surface area contributed by atoms with E-state index in [1.54, 1.807) is 13.0 Å². The van der Waals surface area contributed by atoms with E-state index >= 15 is 0 Å². The molecule has 2 atom stereocenters. The molecule has 2 aliphatic rings. The summed E-state index contributed by atoms with van der Waals surface area (Å²) in [6.45, 7) is 2.38. The predicted octanol–water partition coefficient (Wildman–Crippen LogP) is 0.389. The van der Waals surface area contributed by atoms with Crippen molar-refractivity contribution >= 4 is 23.5 Å². The number of anilines is 1. The second-order valence-electron chi connectivity index (χ2n) is 5.66. The molecule has 1 aromatic carbocycles. The number of amides is 4. The Hall–Kier alpha value is -2.64. The van der Waals surface area contributed by atoms with Crippen LogP contribution in [0.25, 0.3) is 0 Å². The first-order valence-electron chi connectivity index (χ1n) is 7.38. The molecule has 1 aromatic rings. The van der Waals surface area contributed by atoms with Crippen molar-refractivity contribution in [1.29, 1.82) is 0 Å². The van der Waals surface area contributed by atoms with E-state index in [1.807, 2.05) is 0 Å². The van der Waals surface area contributed by atoms with E-state index in [0.29, 0.717) is 18.8 Å². The molecule has 3 rings (SSSR count). The lowest BCUT2D eigenvalue weighted by Gasteiger charge is -2.44. The summed E-state index contributed by atoms with van der Waals surface area (Å²) < 4.78 is 13.2. The number of halogens is 1. The SMILES string of the molecule is C[C@@H]1NC(=O)[C@H]2CN(C(=O)Nc3cccc(F)c3)CCN2C1=O. The number of fused-ring (bicyclic) bond motifs is 1. The Bertz CT molecular complexity index is 666. The highest BCUT2D eigenvalue weighted by molar-refractivity contribution is 5.98. The lowest BCUT2D eigenvalue weighted by molar-refractivity contribution is -0.151. The maximum atomic E-state index is 13.2. The predicted molar refractivity (Wildman–Crippen MR) is 80.1 cm³/mol. The molecule has 0 aliphatic carbocycles. The normalized spacial score (nSPS) is 24.1. The summed E-state index contributed by atoms with van der Waals surface area (Å²) in [6.07, 6.45) is 0. The highest BCUT2D eigenvalue weighted by atomic mass is 19.1. The minimum absolute atomic E-state index is 0.117. The van der Waals surface area contributed by atoms with Crippen molar-refractivity contribution in [2.24, 2.45) is 0 Å². The van der Waals surface area contributed by atoms with Crippen molar-refractivity contribution < 1.29 is 18.8 Å². The molecular weight excluding hydrogens is 303 g/mol. The highest BCUT2D eigenvalue weighted by Gasteiger charge is 2.42. The van der Waals surface area contributed by atoms with Crippen molar-refractivity contribution in [2.45, 2.75) is 19.0 Å². The summed E-state index contributed by atoms with van der Waals surface area (Å²) in [7, 11) is 0. The van der Waals surface area contributed by atoms with Crippen LogP contribution in [0, 0.1) is 5.82 Å². The molecule has 7 nitrogen and oxygen atoms in total. The van der Waals surface area contributed by atoms with Crippen molar-refractivity contribution in [3.05, 3.63) is 30.1 Å². The van der Waals surface area contributed by atoms with Crippen molar-refractivity contribution in [3.8, 4) is 0 Å². The number of hydrogen-bond donors (Lipinski definition) is 2. The summed E-state index contributed by atoms with van der Waals surface area (Å²) >= 11 is 0. The van der Waals surface area contributed by atoms with Crippen LogP contribution in [0.1, 0.15) is 6.92 Å². The van der Waals surface area contributed by atoms with Gasteiger partial charge < -0.3 is 20.4 Å². The van der Waals surface area contributed by atoms with E-state index in [0.717, 1.165) is 0 Å². The number of carbonyl (C=O) groups is 3. The number of rotatable bonds is 1. The van der Waals surface area contributed by atoms with Gasteiger partial charge in [-0.1, -0.05) is 6.07 Å². The maximum absolute atomic E-state index is 13.2. The molecule has 8 heteroatoms. The Morgan fingerprint density at radius 2 is 2.13 bits per heavy atom. The molecule has 2 fully saturated rings. The Labute approximate surface area is 132 Å². The first-order chi connectivity index (χ1) is 11.0. The van der Waals surface area contributed by atoms with Gasteiger partial charge in [0.15, 0.2) is 0 Å². The van der Waals surface area contributed by atoms with Crippen molar-refractivity contribution in [1.82, 2.24) is 15.1 Å². The summed E-state index contributed by atoms with van der Waals surface area (Å²) in [5.41, 5.74) is 0.343. The van der Waals surface area contributed by atoms with Gasteiger partial charge >= 0.3 is 6.03 Å². The molecule has 2 saturated heterocycles. The zero-order valence-corrected chi connectivity index (χ0v) is 12.6. The third-order valence-corrected chi connectivity index (χ3v) is 4.06. The van der Waals surface area contributed by atoms with Gasteiger partial charge in [0.1, 0.15) is 17.9 Å². The maximum Gasteiger partial charge on any atom is 0.321 e. The Kier molecular flexibility index (Phi) is 3.89. The molecule has 2 aliphatic heterocycles. The van der Waals surface area contributed by atoms with Gasteiger partial charge in [-0.05, 0) is 25.1 Å². The molecule has 23 heavy (non-hydrogen) atoms. The van der Waals surface area contributed by atoms with Gasteiger partial charge in [-0.2, -0.15) is 0 Å². The quantitative estimate of drug-likeness (QED) is 0.785. The van der Waals surface area contributed by atoms with Crippen LogP contribution in [-0.2, 0) is 9.59 Å². The monoisotopic (exact) mass is 320 g/mol. The minimum atomic E-state index is -0.675. The summed E-state index contributed by atoms with van der Waals surface area (Å²) in [5.74, 6) is -0.848. The lowest BCUT2D eigenvalue weighted by atomic mass is 10.1. The molecule has 4 amide bonds. The minimum Gasteiger partial charge on any atom is -0.343 e. The third kappa shape index (κ3) is 2.96. The zero-order chi connectivity index (χ0) is 16.6. The molecule has 122 valence electrons. The first-order valence-corrected chi connectivity index (χ1v) is 7.38. The number of nitrogens with one attached hydrogen (secondary N) is 2. The molecule has 0 radical (unpaired) electrons. The number of benzene rings is 1. The fraction of sp³-hybridized carbons (Fsp3) is 0.400. The molecule has 0 aromatic heterocycles. The smallest absolute Gasteiger partial charge is 0.321 e. The van der Waals surface area contributed by atoms with E-state index in [4.69, 9.17) is 0 Å². The van der Waals surface area contributed by atoms with Gasteiger partial charge in [0, 0.05) is 18.8 Å². The topological polar surface area (TPSA) is 81.8 Å². The number of carbonyl (C=O) groups excluding carboxylic acids is 3. The Morgan fingerprint density at radius 1 is 1.35 bits per heavy atom. The fourth-order valence-electron chi connectivity index (χ4n) is 2.84. The number of piperazine rings is 2. The number of hydrogen-bond acceptors (Lipinski definition) is 3. The molecule has 2 heterocycles. The average Bonchev–Trinajstić information content (AvgIpc) is 2.52. The lowest BCUT2D eigenvalue weighted by Crippen LogP contribution is -2.69. The van der Waals surface area contributed by atoms with E-state index in [2.05, 4.69) is 10.6 Å². The standard InChI is InChI=1S/C15H17FN4O3/c1-9-14(22)20-6-5-19(8-12(20)13(21)17-9)15(23)18-11-4-2-3-10(16)7-11/h2-4,7,9,12H,5-6,8H2,1H3,(H,17,21)(H,18,23)/t9-,12+/m0/s1. The highest BCUT2D eigenvalue weighted by Crippen LogP contribution is 2.17. The van der Waals surface area contributed by atoms with E-state index in [-0.39, 0.29) is 18.4 Å². The summed E-state index contributed by atoms with van der Waals surface area (Å²) in [6, 6.07) is 3.94. The van der Waals surface area contributed by atoms with Gasteiger partial charge in [-0.3, -0.25) is 9.59 Å². The molecule has 0 saturated carbocycles. The molecule has 0 spiro atoms. The van der Waals surface area contributed by atoms with Crippen LogP contribution in [0.2, 0.25) is 0 Å². The molecule has 0 bridgehead atoms. The Morgan fingerprint density at radius 3 is 2.87 bits per heavy atom. The van der Waals surface area contributed by atoms with Crippen molar-refractivity contribution in [3.63, 3.8) is 0 Å². The van der Waals surface area contributed by atoms with Crippen LogP contribution in [-0.4, -0.2) is 59.4 Å². The Balaban J connectivity index is 1.68. The second-order valence-corrected chi connectivity index (χ2v) is 5.66.